The van der Waals surface area contributed by atoms with Gasteiger partial charge in [-0.25, -0.2) is 0 Å². The Morgan fingerprint density at radius 3 is 2.80 bits per heavy atom. The fourth-order valence-corrected chi connectivity index (χ4v) is 2.26. The molecule has 0 aliphatic carbocycles. The van der Waals surface area contributed by atoms with Crippen LogP contribution < -0.4 is 11.1 Å². The van der Waals surface area contributed by atoms with Crippen molar-refractivity contribution >= 4 is 5.91 Å². The summed E-state index contributed by atoms with van der Waals surface area (Å²) in [4.78, 5) is 13.8. The lowest BCUT2D eigenvalue weighted by Gasteiger charge is -2.38. The van der Waals surface area contributed by atoms with Crippen LogP contribution in [-0.4, -0.2) is 42.5 Å². The van der Waals surface area contributed by atoms with Gasteiger partial charge in [0.2, 0.25) is 5.91 Å². The van der Waals surface area contributed by atoms with Crippen molar-refractivity contribution in [3.8, 4) is 0 Å². The van der Waals surface area contributed by atoms with Crippen molar-refractivity contribution in [1.82, 2.24) is 10.2 Å². The van der Waals surface area contributed by atoms with E-state index in [1.54, 1.807) is 0 Å². The van der Waals surface area contributed by atoms with E-state index >= 15 is 0 Å². The maximum absolute atomic E-state index is 11.6. The Bertz CT molecular complexity index is 212. The van der Waals surface area contributed by atoms with Gasteiger partial charge in [-0.15, -0.1) is 0 Å². The molecule has 0 spiro atoms. The van der Waals surface area contributed by atoms with E-state index in [2.05, 4.69) is 17.1 Å². The minimum absolute atomic E-state index is 0.189. The van der Waals surface area contributed by atoms with Crippen molar-refractivity contribution in [2.75, 3.05) is 26.2 Å². The third kappa shape index (κ3) is 2.92. The first kappa shape index (κ1) is 12.5. The van der Waals surface area contributed by atoms with E-state index in [9.17, 15) is 4.79 Å². The van der Waals surface area contributed by atoms with Crippen molar-refractivity contribution in [1.29, 1.82) is 0 Å². The van der Waals surface area contributed by atoms with Gasteiger partial charge in [-0.1, -0.05) is 13.3 Å². The molecular formula is C11H23N3O. The predicted molar refractivity (Wildman–Crippen MR) is 61.6 cm³/mol. The average molecular weight is 213 g/mol. The maximum Gasteiger partial charge on any atom is 0.237 e. The normalized spacial score (nSPS) is 23.1. The van der Waals surface area contributed by atoms with Gasteiger partial charge in [0.1, 0.15) is 0 Å². The molecule has 1 saturated heterocycles. The molecule has 0 saturated carbocycles. The highest BCUT2D eigenvalue weighted by Crippen LogP contribution is 2.21. The van der Waals surface area contributed by atoms with Crippen LogP contribution in [0.3, 0.4) is 0 Å². The van der Waals surface area contributed by atoms with Crippen LogP contribution >= 0.6 is 0 Å². The van der Waals surface area contributed by atoms with Crippen molar-refractivity contribution in [2.45, 2.75) is 38.6 Å². The molecule has 1 rings (SSSR count). The van der Waals surface area contributed by atoms with Crippen molar-refractivity contribution in [2.24, 2.45) is 5.73 Å². The van der Waals surface area contributed by atoms with Crippen molar-refractivity contribution in [3.05, 3.63) is 0 Å². The molecular weight excluding hydrogens is 190 g/mol. The minimum atomic E-state index is -0.458. The highest BCUT2D eigenvalue weighted by atomic mass is 16.1. The number of amides is 1. The van der Waals surface area contributed by atoms with E-state index < -0.39 is 5.54 Å². The highest BCUT2D eigenvalue weighted by molar-refractivity contribution is 5.84. The van der Waals surface area contributed by atoms with Gasteiger partial charge in [-0.3, -0.25) is 9.69 Å². The summed E-state index contributed by atoms with van der Waals surface area (Å²) in [5.74, 6) is -0.189. The van der Waals surface area contributed by atoms with Gasteiger partial charge in [0.25, 0.3) is 0 Å². The van der Waals surface area contributed by atoms with Gasteiger partial charge in [0.15, 0.2) is 0 Å². The molecule has 0 radical (unpaired) electrons. The summed E-state index contributed by atoms with van der Waals surface area (Å²) in [5, 5.41) is 3.34. The van der Waals surface area contributed by atoms with Gasteiger partial charge >= 0.3 is 0 Å². The van der Waals surface area contributed by atoms with Crippen LogP contribution in [0.5, 0.6) is 0 Å². The molecule has 0 bridgehead atoms. The summed E-state index contributed by atoms with van der Waals surface area (Å²) in [6.07, 6.45) is 2.93. The number of nitrogens with one attached hydrogen (secondary N) is 1. The van der Waals surface area contributed by atoms with Gasteiger partial charge < -0.3 is 11.1 Å². The van der Waals surface area contributed by atoms with Gasteiger partial charge in [0.05, 0.1) is 5.54 Å². The lowest BCUT2D eigenvalue weighted by atomic mass is 9.92. The zero-order valence-electron chi connectivity index (χ0n) is 9.88. The summed E-state index contributed by atoms with van der Waals surface area (Å²) < 4.78 is 0. The first-order valence-electron chi connectivity index (χ1n) is 5.87. The number of carbonyl (C=O) groups excluding carboxylic acids is 1. The molecule has 88 valence electrons. The molecule has 0 aromatic heterocycles. The topological polar surface area (TPSA) is 58.4 Å². The Hall–Kier alpha value is -0.610. The highest BCUT2D eigenvalue weighted by Gasteiger charge is 2.36. The van der Waals surface area contributed by atoms with Crippen LogP contribution in [0.4, 0.5) is 0 Å². The Morgan fingerprint density at radius 2 is 2.20 bits per heavy atom. The molecule has 1 heterocycles. The van der Waals surface area contributed by atoms with Gasteiger partial charge in [-0.2, -0.15) is 0 Å². The summed E-state index contributed by atoms with van der Waals surface area (Å²) in [5.41, 5.74) is 5.08. The third-order valence-electron chi connectivity index (χ3n) is 3.31. The second-order valence-electron chi connectivity index (χ2n) is 4.48. The zero-order chi connectivity index (χ0) is 11.3. The lowest BCUT2D eigenvalue weighted by Crippen LogP contribution is -2.56. The molecule has 1 aliphatic heterocycles. The monoisotopic (exact) mass is 213 g/mol. The van der Waals surface area contributed by atoms with Crippen LogP contribution in [0.2, 0.25) is 0 Å². The fourth-order valence-electron chi connectivity index (χ4n) is 2.26. The Morgan fingerprint density at radius 1 is 1.47 bits per heavy atom. The number of carbonyl (C=O) groups is 1. The molecule has 1 aliphatic rings. The molecule has 1 unspecified atom stereocenters. The molecule has 1 amide bonds. The molecule has 4 heteroatoms. The quantitative estimate of drug-likeness (QED) is 0.707. The SMILES string of the molecule is CCCC(C)(C(N)=O)N1CCCNCC1. The molecule has 0 aromatic carbocycles. The number of hydrogen-bond donors (Lipinski definition) is 2. The maximum atomic E-state index is 11.6. The van der Waals surface area contributed by atoms with Crippen molar-refractivity contribution < 1.29 is 4.79 Å². The summed E-state index contributed by atoms with van der Waals surface area (Å²) >= 11 is 0. The summed E-state index contributed by atoms with van der Waals surface area (Å²) in [6.45, 7) is 7.94. The number of hydrogen-bond acceptors (Lipinski definition) is 3. The first-order valence-corrected chi connectivity index (χ1v) is 5.87. The zero-order valence-corrected chi connectivity index (χ0v) is 9.88. The molecule has 1 atom stereocenters. The van der Waals surface area contributed by atoms with E-state index in [1.807, 2.05) is 6.92 Å². The van der Waals surface area contributed by atoms with E-state index in [0.717, 1.165) is 45.4 Å². The largest absolute Gasteiger partial charge is 0.368 e. The number of nitrogens with zero attached hydrogens (tertiary/aromatic N) is 1. The number of nitrogens with two attached hydrogens (primary N) is 1. The first-order chi connectivity index (χ1) is 7.11. The Balaban J connectivity index is 2.72. The molecule has 4 nitrogen and oxygen atoms in total. The molecule has 3 N–H and O–H groups in total. The standard InChI is InChI=1S/C11H23N3O/c1-3-5-11(2,10(12)15)14-8-4-6-13-7-9-14/h13H,3-9H2,1-2H3,(H2,12,15). The molecule has 0 aromatic rings. The van der Waals surface area contributed by atoms with Crippen LogP contribution in [0.1, 0.15) is 33.1 Å². The minimum Gasteiger partial charge on any atom is -0.368 e. The Kier molecular flexibility index (Phi) is 4.54. The average Bonchev–Trinajstić information content (AvgIpc) is 2.45. The fraction of sp³-hybridized carbons (Fsp3) is 0.909. The third-order valence-corrected chi connectivity index (χ3v) is 3.31. The van der Waals surface area contributed by atoms with Crippen LogP contribution in [-0.2, 0) is 4.79 Å². The van der Waals surface area contributed by atoms with E-state index in [1.165, 1.54) is 0 Å². The number of primary amides is 1. The van der Waals surface area contributed by atoms with E-state index in [4.69, 9.17) is 5.73 Å². The smallest absolute Gasteiger partial charge is 0.237 e. The molecule has 1 fully saturated rings. The van der Waals surface area contributed by atoms with Crippen molar-refractivity contribution in [3.63, 3.8) is 0 Å². The summed E-state index contributed by atoms with van der Waals surface area (Å²) in [6, 6.07) is 0. The Labute approximate surface area is 92.2 Å². The number of rotatable bonds is 4. The second-order valence-corrected chi connectivity index (χ2v) is 4.48. The van der Waals surface area contributed by atoms with Crippen LogP contribution in [0.15, 0.2) is 0 Å². The van der Waals surface area contributed by atoms with Crippen LogP contribution in [0.25, 0.3) is 0 Å². The molecule has 15 heavy (non-hydrogen) atoms. The second kappa shape index (κ2) is 5.47. The van der Waals surface area contributed by atoms with Gasteiger partial charge in [-0.05, 0) is 26.3 Å². The predicted octanol–water partition coefficient (Wildman–Crippen LogP) is 0.326. The van der Waals surface area contributed by atoms with Crippen LogP contribution in [0, 0.1) is 0 Å². The lowest BCUT2D eigenvalue weighted by molar-refractivity contribution is -0.129. The van der Waals surface area contributed by atoms with E-state index in [-0.39, 0.29) is 5.91 Å². The summed E-state index contributed by atoms with van der Waals surface area (Å²) in [7, 11) is 0. The van der Waals surface area contributed by atoms with E-state index in [0.29, 0.717) is 0 Å². The van der Waals surface area contributed by atoms with Gasteiger partial charge in [0, 0.05) is 19.6 Å².